The minimum atomic E-state index is -0.388. The lowest BCUT2D eigenvalue weighted by atomic mass is 10.2. The van der Waals surface area contributed by atoms with E-state index in [0.29, 0.717) is 43.6 Å². The van der Waals surface area contributed by atoms with E-state index in [1.54, 1.807) is 12.1 Å². The molecular weight excluding hydrogens is 356 g/mol. The molecule has 26 heavy (non-hydrogen) atoms. The number of halogens is 1. The predicted molar refractivity (Wildman–Crippen MR) is 103 cm³/mol. The molecule has 0 amide bonds. The van der Waals surface area contributed by atoms with Crippen LogP contribution in [-0.2, 0) is 17.8 Å². The lowest BCUT2D eigenvalue weighted by molar-refractivity contribution is 0.122. The summed E-state index contributed by atoms with van der Waals surface area (Å²) in [5.74, 6) is 0.233. The van der Waals surface area contributed by atoms with E-state index < -0.39 is 0 Å². The molecule has 0 radical (unpaired) electrons. The number of nitrogens with zero attached hydrogens (tertiary/aromatic N) is 3. The van der Waals surface area contributed by atoms with Crippen LogP contribution in [0, 0.1) is 0 Å². The van der Waals surface area contributed by atoms with Crippen LogP contribution >= 0.6 is 11.6 Å². The summed E-state index contributed by atoms with van der Waals surface area (Å²) >= 11 is 5.92. The fourth-order valence-corrected chi connectivity index (χ4v) is 3.26. The summed E-state index contributed by atoms with van der Waals surface area (Å²) in [6.45, 7) is 4.81. The van der Waals surface area contributed by atoms with Crippen molar-refractivity contribution >= 4 is 23.1 Å². The van der Waals surface area contributed by atoms with Gasteiger partial charge < -0.3 is 15.4 Å². The maximum atomic E-state index is 13.1. The highest BCUT2D eigenvalue weighted by Gasteiger charge is 2.23. The molecular formula is C18H23ClN4O3. The highest BCUT2D eigenvalue weighted by Crippen LogP contribution is 2.19. The second kappa shape index (κ2) is 7.97. The molecule has 1 aliphatic rings. The Hall–Kier alpha value is -2.25. The molecule has 0 saturated carbocycles. The molecule has 2 N–H and O–H groups in total. The summed E-state index contributed by atoms with van der Waals surface area (Å²) in [6, 6.07) is 7.10. The average Bonchev–Trinajstić information content (AvgIpc) is 2.65. The van der Waals surface area contributed by atoms with Gasteiger partial charge in [0.15, 0.2) is 0 Å². The first-order valence-electron chi connectivity index (χ1n) is 8.73. The third-order valence-electron chi connectivity index (χ3n) is 4.47. The van der Waals surface area contributed by atoms with Gasteiger partial charge in [-0.15, -0.1) is 0 Å². The van der Waals surface area contributed by atoms with Crippen LogP contribution in [0.25, 0.3) is 0 Å². The number of morpholine rings is 1. The molecule has 8 heteroatoms. The fraction of sp³-hybridized carbons (Fsp3) is 0.444. The zero-order valence-electron chi connectivity index (χ0n) is 14.8. The topological polar surface area (TPSA) is 82.5 Å². The highest BCUT2D eigenvalue weighted by molar-refractivity contribution is 6.30. The van der Waals surface area contributed by atoms with Crippen LogP contribution < -0.4 is 21.9 Å². The zero-order valence-corrected chi connectivity index (χ0v) is 15.5. The maximum Gasteiger partial charge on any atom is 0.332 e. The van der Waals surface area contributed by atoms with E-state index in [1.807, 2.05) is 24.0 Å². The minimum Gasteiger partial charge on any atom is -0.383 e. The number of nitrogens with two attached hydrogens (primary N) is 1. The molecule has 1 aromatic heterocycles. The Morgan fingerprint density at radius 2 is 1.77 bits per heavy atom. The molecule has 0 aliphatic carbocycles. The highest BCUT2D eigenvalue weighted by atomic mass is 35.5. The van der Waals surface area contributed by atoms with Gasteiger partial charge in [-0.2, -0.15) is 0 Å². The quantitative estimate of drug-likeness (QED) is 0.853. The number of hydrogen-bond acceptors (Lipinski definition) is 5. The normalized spacial score (nSPS) is 14.6. The van der Waals surface area contributed by atoms with Crippen LogP contribution in [-0.4, -0.2) is 35.4 Å². The fourth-order valence-electron chi connectivity index (χ4n) is 3.14. The maximum absolute atomic E-state index is 13.1. The summed E-state index contributed by atoms with van der Waals surface area (Å²) in [5.41, 5.74) is 6.69. The van der Waals surface area contributed by atoms with Crippen molar-refractivity contribution in [1.29, 1.82) is 0 Å². The molecule has 2 heterocycles. The Balaban J connectivity index is 2.12. The standard InChI is InChI=1S/C18H23ClN4O3/c1-2-7-22-16(20)15(21-8-10-26-11-9-21)17(24)23(18(22)25)12-13-3-5-14(19)6-4-13/h3-6H,2,7-12,20H2,1H3. The van der Waals surface area contributed by atoms with Gasteiger partial charge in [-0.25, -0.2) is 4.79 Å². The molecule has 0 bridgehead atoms. The molecule has 1 aromatic carbocycles. The molecule has 140 valence electrons. The molecule has 2 aromatic rings. The van der Waals surface area contributed by atoms with Crippen molar-refractivity contribution in [2.75, 3.05) is 36.9 Å². The number of aromatic nitrogens is 2. The molecule has 0 spiro atoms. The number of benzene rings is 1. The first-order valence-corrected chi connectivity index (χ1v) is 9.11. The Bertz CT molecular complexity index is 883. The van der Waals surface area contributed by atoms with Gasteiger partial charge in [-0.05, 0) is 24.1 Å². The summed E-state index contributed by atoms with van der Waals surface area (Å²) in [6.07, 6.45) is 0.742. The van der Waals surface area contributed by atoms with Crippen LogP contribution in [0.1, 0.15) is 18.9 Å². The summed E-state index contributed by atoms with van der Waals surface area (Å²) in [5, 5.41) is 0.607. The third-order valence-corrected chi connectivity index (χ3v) is 4.72. The second-order valence-corrected chi connectivity index (χ2v) is 6.72. The van der Waals surface area contributed by atoms with E-state index in [-0.39, 0.29) is 23.6 Å². The second-order valence-electron chi connectivity index (χ2n) is 6.29. The monoisotopic (exact) mass is 378 g/mol. The van der Waals surface area contributed by atoms with Crippen molar-refractivity contribution in [3.63, 3.8) is 0 Å². The molecule has 0 unspecified atom stereocenters. The predicted octanol–water partition coefficient (Wildman–Crippen LogP) is 1.54. The van der Waals surface area contributed by atoms with Gasteiger partial charge in [0.1, 0.15) is 11.5 Å². The smallest absolute Gasteiger partial charge is 0.332 e. The largest absolute Gasteiger partial charge is 0.383 e. The first kappa shape index (κ1) is 18.5. The van der Waals surface area contributed by atoms with Crippen molar-refractivity contribution < 1.29 is 4.74 Å². The van der Waals surface area contributed by atoms with Crippen LogP contribution in [0.4, 0.5) is 11.5 Å². The van der Waals surface area contributed by atoms with Gasteiger partial charge in [-0.1, -0.05) is 30.7 Å². The van der Waals surface area contributed by atoms with Gasteiger partial charge in [0, 0.05) is 24.7 Å². The number of rotatable bonds is 5. The van der Waals surface area contributed by atoms with Crippen LogP contribution in [0.15, 0.2) is 33.9 Å². The van der Waals surface area contributed by atoms with Gasteiger partial charge in [0.25, 0.3) is 5.56 Å². The van der Waals surface area contributed by atoms with Crippen LogP contribution in [0.2, 0.25) is 5.02 Å². The van der Waals surface area contributed by atoms with E-state index in [1.165, 1.54) is 9.13 Å². The van der Waals surface area contributed by atoms with E-state index >= 15 is 0 Å². The number of nitrogen functional groups attached to an aromatic ring is 1. The molecule has 1 saturated heterocycles. The van der Waals surface area contributed by atoms with Gasteiger partial charge >= 0.3 is 5.69 Å². The summed E-state index contributed by atoms with van der Waals surface area (Å²) < 4.78 is 8.11. The third kappa shape index (κ3) is 3.64. The number of anilines is 2. The number of ether oxygens (including phenoxy) is 1. The Labute approximate surface area is 156 Å². The Kier molecular flexibility index (Phi) is 5.68. The SMILES string of the molecule is CCCn1c(N)c(N2CCOCC2)c(=O)n(Cc2ccc(Cl)cc2)c1=O. The lowest BCUT2D eigenvalue weighted by Crippen LogP contribution is -2.47. The average molecular weight is 379 g/mol. The number of hydrogen-bond donors (Lipinski definition) is 1. The van der Waals surface area contributed by atoms with Crippen LogP contribution in [0.5, 0.6) is 0 Å². The lowest BCUT2D eigenvalue weighted by Gasteiger charge is -2.30. The Morgan fingerprint density at radius 3 is 2.38 bits per heavy atom. The van der Waals surface area contributed by atoms with Crippen LogP contribution in [0.3, 0.4) is 0 Å². The summed E-state index contributed by atoms with van der Waals surface area (Å²) in [7, 11) is 0. The van der Waals surface area contributed by atoms with Crippen molar-refractivity contribution in [1.82, 2.24) is 9.13 Å². The van der Waals surface area contributed by atoms with E-state index in [9.17, 15) is 9.59 Å². The minimum absolute atomic E-state index is 0.177. The van der Waals surface area contributed by atoms with Crippen molar-refractivity contribution in [3.05, 3.63) is 55.7 Å². The van der Waals surface area contributed by atoms with Gasteiger partial charge in [-0.3, -0.25) is 13.9 Å². The first-order chi connectivity index (χ1) is 12.5. The van der Waals surface area contributed by atoms with E-state index in [0.717, 1.165) is 12.0 Å². The van der Waals surface area contributed by atoms with Gasteiger partial charge in [0.2, 0.25) is 0 Å². The van der Waals surface area contributed by atoms with Crippen molar-refractivity contribution in [2.45, 2.75) is 26.4 Å². The molecule has 1 aliphatic heterocycles. The summed E-state index contributed by atoms with van der Waals surface area (Å²) in [4.78, 5) is 27.9. The Morgan fingerprint density at radius 1 is 1.12 bits per heavy atom. The van der Waals surface area contributed by atoms with E-state index in [4.69, 9.17) is 22.1 Å². The molecule has 1 fully saturated rings. The van der Waals surface area contributed by atoms with Gasteiger partial charge in [0.05, 0.1) is 19.8 Å². The zero-order chi connectivity index (χ0) is 18.7. The molecule has 7 nitrogen and oxygen atoms in total. The van der Waals surface area contributed by atoms with Crippen molar-refractivity contribution in [3.8, 4) is 0 Å². The molecule has 3 rings (SSSR count). The van der Waals surface area contributed by atoms with Crippen molar-refractivity contribution in [2.24, 2.45) is 0 Å². The van der Waals surface area contributed by atoms with E-state index in [2.05, 4.69) is 0 Å². The molecule has 0 atom stereocenters.